The number of fused-ring (bicyclic) bond motifs is 2. The lowest BCUT2D eigenvalue weighted by Gasteiger charge is -2.13. The molecule has 0 radical (unpaired) electrons. The van der Waals surface area contributed by atoms with E-state index in [2.05, 4.69) is 84.0 Å². The van der Waals surface area contributed by atoms with Gasteiger partial charge in [0.15, 0.2) is 0 Å². The third-order valence-electron chi connectivity index (χ3n) is 8.22. The first-order valence-corrected chi connectivity index (χ1v) is 16.7. The average molecular weight is 614 g/mol. The second-order valence-corrected chi connectivity index (χ2v) is 13.4. The molecular formula is C42H31NO2S. The Bertz CT molecular complexity index is 2440. The van der Waals surface area contributed by atoms with E-state index < -0.39 is 9.84 Å². The summed E-state index contributed by atoms with van der Waals surface area (Å²) in [5, 5.41) is 4.44. The van der Waals surface area contributed by atoms with Crippen LogP contribution in [0.5, 0.6) is 0 Å². The van der Waals surface area contributed by atoms with Gasteiger partial charge >= 0.3 is 0 Å². The molecule has 4 heteroatoms. The third-order valence-corrected chi connectivity index (χ3v) is 9.92. The molecule has 0 amide bonds. The number of sulfone groups is 1. The number of benzene rings is 6. The Morgan fingerprint density at radius 1 is 0.609 bits per heavy atom. The van der Waals surface area contributed by atoms with Crippen LogP contribution in [0.1, 0.15) is 22.4 Å². The van der Waals surface area contributed by atoms with Crippen molar-refractivity contribution in [2.75, 3.05) is 0 Å². The monoisotopic (exact) mass is 613 g/mol. The highest BCUT2D eigenvalue weighted by molar-refractivity contribution is 7.95. The minimum atomic E-state index is -3.91. The lowest BCUT2D eigenvalue weighted by atomic mass is 10.0. The third kappa shape index (κ3) is 5.77. The zero-order valence-corrected chi connectivity index (χ0v) is 26.4. The SMILES string of the molecule is Cc1ccc(-n2c(C#C/C(=C/c3ccc4ccccc4c3)S(=O)(=O)c3ccc(C)cc3)ccc2-c2ccc3ccccc3c2)cc1. The minimum absolute atomic E-state index is 0.0375. The first-order valence-electron chi connectivity index (χ1n) is 15.2. The van der Waals surface area contributed by atoms with Gasteiger partial charge in [0.2, 0.25) is 9.84 Å². The Balaban J connectivity index is 1.40. The molecule has 0 fully saturated rings. The summed E-state index contributed by atoms with van der Waals surface area (Å²) in [5.41, 5.74) is 6.57. The molecule has 0 aliphatic rings. The van der Waals surface area contributed by atoms with Gasteiger partial charge in [-0.2, -0.15) is 0 Å². The standard InChI is InChI=1S/C42H31NO2S/c1-30-11-19-38(20-12-30)43-39(22-26-42(43)37-18-17-34-8-4-6-10-36(34)29-37)21-25-41(46(44,45)40-23-13-31(2)14-24-40)28-32-15-16-33-7-3-5-9-35(33)27-32/h3-20,22-24,26-29H,1-2H3/b41-28-. The first kappa shape index (κ1) is 29.1. The minimum Gasteiger partial charge on any atom is -0.303 e. The summed E-state index contributed by atoms with van der Waals surface area (Å²) >= 11 is 0. The van der Waals surface area contributed by atoms with Gasteiger partial charge < -0.3 is 4.57 Å². The molecule has 7 aromatic rings. The molecule has 0 aliphatic carbocycles. The molecule has 0 bridgehead atoms. The van der Waals surface area contributed by atoms with Crippen molar-refractivity contribution >= 4 is 37.5 Å². The first-order chi connectivity index (χ1) is 22.3. The van der Waals surface area contributed by atoms with Crippen LogP contribution in [0, 0.1) is 25.7 Å². The van der Waals surface area contributed by atoms with Crippen LogP contribution in [0.25, 0.3) is 44.6 Å². The fourth-order valence-electron chi connectivity index (χ4n) is 5.68. The van der Waals surface area contributed by atoms with Crippen molar-refractivity contribution in [1.82, 2.24) is 4.57 Å². The van der Waals surface area contributed by atoms with Gasteiger partial charge in [-0.05, 0) is 113 Å². The van der Waals surface area contributed by atoms with Gasteiger partial charge in [-0.25, -0.2) is 8.42 Å². The van der Waals surface area contributed by atoms with Crippen LogP contribution in [0.3, 0.4) is 0 Å². The maximum atomic E-state index is 14.1. The van der Waals surface area contributed by atoms with Crippen LogP contribution in [0.15, 0.2) is 155 Å². The van der Waals surface area contributed by atoms with E-state index in [1.165, 1.54) is 5.39 Å². The fraction of sp³-hybridized carbons (Fsp3) is 0.0476. The van der Waals surface area contributed by atoms with Crippen LogP contribution in [-0.4, -0.2) is 13.0 Å². The predicted molar refractivity (Wildman–Crippen MR) is 191 cm³/mol. The molecule has 1 aromatic heterocycles. The zero-order chi connectivity index (χ0) is 31.7. The fourth-order valence-corrected chi connectivity index (χ4v) is 6.91. The molecule has 3 nitrogen and oxygen atoms in total. The summed E-state index contributed by atoms with van der Waals surface area (Å²) in [6.45, 7) is 4.00. The van der Waals surface area contributed by atoms with Gasteiger partial charge in [0.05, 0.1) is 16.3 Å². The molecule has 7 rings (SSSR count). The highest BCUT2D eigenvalue weighted by Gasteiger charge is 2.20. The number of aromatic nitrogens is 1. The lowest BCUT2D eigenvalue weighted by Crippen LogP contribution is -2.04. The Kier molecular flexibility index (Phi) is 7.62. The van der Waals surface area contributed by atoms with Crippen LogP contribution in [-0.2, 0) is 9.84 Å². The Morgan fingerprint density at radius 2 is 1.20 bits per heavy atom. The highest BCUT2D eigenvalue weighted by atomic mass is 32.2. The molecule has 0 N–H and O–H groups in total. The topological polar surface area (TPSA) is 39.1 Å². The number of nitrogens with zero attached hydrogens (tertiary/aromatic N) is 1. The average Bonchev–Trinajstić information content (AvgIpc) is 3.50. The number of hydrogen-bond donors (Lipinski definition) is 0. The van der Waals surface area contributed by atoms with E-state index in [4.69, 9.17) is 0 Å². The van der Waals surface area contributed by atoms with Crippen molar-refractivity contribution in [2.24, 2.45) is 0 Å². The van der Waals surface area contributed by atoms with Crippen LogP contribution < -0.4 is 0 Å². The molecule has 0 saturated heterocycles. The smallest absolute Gasteiger partial charge is 0.214 e. The lowest BCUT2D eigenvalue weighted by molar-refractivity contribution is 0.603. The summed E-state index contributed by atoms with van der Waals surface area (Å²) in [6, 6.07) is 47.9. The van der Waals surface area contributed by atoms with Crippen LogP contribution >= 0.6 is 0 Å². The van der Waals surface area contributed by atoms with Crippen molar-refractivity contribution in [3.8, 4) is 28.8 Å². The van der Waals surface area contributed by atoms with Gasteiger partial charge in [0.1, 0.15) is 4.91 Å². The summed E-state index contributed by atoms with van der Waals surface area (Å²) in [5.74, 6) is 6.37. The second-order valence-electron chi connectivity index (χ2n) is 11.5. The van der Waals surface area contributed by atoms with Crippen molar-refractivity contribution in [1.29, 1.82) is 0 Å². The van der Waals surface area contributed by atoms with Gasteiger partial charge in [-0.1, -0.05) is 108 Å². The maximum Gasteiger partial charge on any atom is 0.214 e. The molecule has 0 aliphatic heterocycles. The normalized spacial score (nSPS) is 11.8. The summed E-state index contributed by atoms with van der Waals surface area (Å²) in [7, 11) is -3.91. The Morgan fingerprint density at radius 3 is 1.87 bits per heavy atom. The summed E-state index contributed by atoms with van der Waals surface area (Å²) in [4.78, 5) is 0.251. The number of hydrogen-bond acceptors (Lipinski definition) is 2. The predicted octanol–water partition coefficient (Wildman–Crippen LogP) is 9.93. The number of rotatable bonds is 5. The van der Waals surface area contributed by atoms with E-state index in [1.54, 1.807) is 18.2 Å². The molecule has 46 heavy (non-hydrogen) atoms. The quantitative estimate of drug-likeness (QED) is 0.181. The van der Waals surface area contributed by atoms with E-state index in [0.717, 1.165) is 49.8 Å². The number of allylic oxidation sites excluding steroid dienone is 1. The molecular weight excluding hydrogens is 583 g/mol. The van der Waals surface area contributed by atoms with E-state index in [9.17, 15) is 8.42 Å². The van der Waals surface area contributed by atoms with E-state index in [1.807, 2.05) is 79.7 Å². The molecule has 0 atom stereocenters. The van der Waals surface area contributed by atoms with Crippen molar-refractivity contribution in [2.45, 2.75) is 18.7 Å². The number of aryl methyl sites for hydroxylation is 2. The van der Waals surface area contributed by atoms with E-state index in [0.29, 0.717) is 5.69 Å². The van der Waals surface area contributed by atoms with Crippen molar-refractivity contribution in [3.05, 3.63) is 173 Å². The second kappa shape index (κ2) is 12.0. The van der Waals surface area contributed by atoms with Gasteiger partial charge in [-0.3, -0.25) is 0 Å². The van der Waals surface area contributed by atoms with Gasteiger partial charge in [0, 0.05) is 5.69 Å². The molecule has 222 valence electrons. The van der Waals surface area contributed by atoms with Crippen molar-refractivity contribution < 1.29 is 8.42 Å². The zero-order valence-electron chi connectivity index (χ0n) is 25.6. The highest BCUT2D eigenvalue weighted by Crippen LogP contribution is 2.30. The summed E-state index contributed by atoms with van der Waals surface area (Å²) in [6.07, 6.45) is 1.68. The van der Waals surface area contributed by atoms with Crippen molar-refractivity contribution in [3.63, 3.8) is 0 Å². The van der Waals surface area contributed by atoms with Crippen LogP contribution in [0.4, 0.5) is 0 Å². The maximum absolute atomic E-state index is 14.1. The molecule has 1 heterocycles. The molecule has 0 spiro atoms. The van der Waals surface area contributed by atoms with Gasteiger partial charge in [-0.15, -0.1) is 0 Å². The van der Waals surface area contributed by atoms with E-state index in [-0.39, 0.29) is 9.80 Å². The largest absolute Gasteiger partial charge is 0.303 e. The van der Waals surface area contributed by atoms with Gasteiger partial charge in [0.25, 0.3) is 0 Å². The Labute approximate surface area is 270 Å². The molecule has 6 aromatic carbocycles. The van der Waals surface area contributed by atoms with E-state index >= 15 is 0 Å². The molecule has 0 saturated carbocycles. The molecule has 0 unspecified atom stereocenters. The van der Waals surface area contributed by atoms with Crippen LogP contribution in [0.2, 0.25) is 0 Å². The summed E-state index contributed by atoms with van der Waals surface area (Å²) < 4.78 is 30.3. The Hall–Kier alpha value is -5.63.